The molecule has 0 unspecified atom stereocenters. The van der Waals surface area contributed by atoms with E-state index in [4.69, 9.17) is 5.73 Å². The van der Waals surface area contributed by atoms with Crippen molar-refractivity contribution in [1.29, 1.82) is 0 Å². The van der Waals surface area contributed by atoms with Gasteiger partial charge in [0.25, 0.3) is 0 Å². The first-order chi connectivity index (χ1) is 7.84. The van der Waals surface area contributed by atoms with Gasteiger partial charge in [-0.05, 0) is 18.2 Å². The van der Waals surface area contributed by atoms with Crippen molar-refractivity contribution in [3.63, 3.8) is 0 Å². The summed E-state index contributed by atoms with van der Waals surface area (Å²) >= 11 is 0. The van der Waals surface area contributed by atoms with Crippen LogP contribution in [0.1, 0.15) is 6.92 Å². The standard InChI is InChI=1S/C10H13FN2O3S/c1-2-17(15,16)6-10(14)13-9-5-7(11)3-4-8(9)12/h3-5H,2,6,12H2,1H3,(H,13,14). The molecule has 3 N–H and O–H groups in total. The van der Waals surface area contributed by atoms with Crippen molar-refractivity contribution in [2.24, 2.45) is 0 Å². The largest absolute Gasteiger partial charge is 0.397 e. The third-order valence-electron chi connectivity index (χ3n) is 2.08. The molecule has 0 aliphatic heterocycles. The number of rotatable bonds is 4. The number of hydrogen-bond donors (Lipinski definition) is 2. The number of carbonyl (C=O) groups excluding carboxylic acids is 1. The number of anilines is 2. The average molecular weight is 260 g/mol. The van der Waals surface area contributed by atoms with Gasteiger partial charge in [-0.15, -0.1) is 0 Å². The summed E-state index contributed by atoms with van der Waals surface area (Å²) in [5.74, 6) is -2.06. The van der Waals surface area contributed by atoms with Crippen LogP contribution in [0.2, 0.25) is 0 Å². The SMILES string of the molecule is CCS(=O)(=O)CC(=O)Nc1cc(F)ccc1N. The summed E-state index contributed by atoms with van der Waals surface area (Å²) in [5, 5.41) is 2.26. The Morgan fingerprint density at radius 2 is 2.12 bits per heavy atom. The fourth-order valence-corrected chi connectivity index (χ4v) is 1.80. The maximum atomic E-state index is 12.9. The first kappa shape index (κ1) is 13.4. The van der Waals surface area contributed by atoms with Crippen LogP contribution in [-0.2, 0) is 14.6 Å². The Labute approximate surface area is 98.7 Å². The molecule has 0 aromatic heterocycles. The Bertz CT molecular complexity index is 528. The number of hydrogen-bond acceptors (Lipinski definition) is 4. The highest BCUT2D eigenvalue weighted by molar-refractivity contribution is 7.92. The Morgan fingerprint density at radius 3 is 2.71 bits per heavy atom. The summed E-state index contributed by atoms with van der Waals surface area (Å²) in [4.78, 5) is 11.4. The third-order valence-corrected chi connectivity index (χ3v) is 3.66. The predicted molar refractivity (Wildman–Crippen MR) is 63.8 cm³/mol. The van der Waals surface area contributed by atoms with Crippen molar-refractivity contribution in [2.45, 2.75) is 6.92 Å². The molecular weight excluding hydrogens is 247 g/mol. The molecule has 0 heterocycles. The number of nitrogens with one attached hydrogen (secondary N) is 1. The molecule has 1 aromatic rings. The Balaban J connectivity index is 2.78. The van der Waals surface area contributed by atoms with Gasteiger partial charge in [-0.3, -0.25) is 4.79 Å². The zero-order chi connectivity index (χ0) is 13.1. The lowest BCUT2D eigenvalue weighted by atomic mass is 10.2. The van der Waals surface area contributed by atoms with E-state index in [1.165, 1.54) is 13.0 Å². The van der Waals surface area contributed by atoms with Gasteiger partial charge < -0.3 is 11.1 Å². The number of halogens is 1. The molecule has 0 saturated carbocycles. The molecule has 0 aliphatic rings. The number of amides is 1. The molecule has 94 valence electrons. The minimum absolute atomic E-state index is 0.0707. The second kappa shape index (κ2) is 5.13. The minimum atomic E-state index is -3.41. The molecular formula is C10H13FN2O3S. The topological polar surface area (TPSA) is 89.3 Å². The van der Waals surface area contributed by atoms with Crippen LogP contribution in [0, 0.1) is 5.82 Å². The second-order valence-electron chi connectivity index (χ2n) is 3.46. The molecule has 17 heavy (non-hydrogen) atoms. The molecule has 0 fully saturated rings. The maximum Gasteiger partial charge on any atom is 0.239 e. The van der Waals surface area contributed by atoms with Gasteiger partial charge in [-0.25, -0.2) is 12.8 Å². The molecule has 1 rings (SSSR count). The fraction of sp³-hybridized carbons (Fsp3) is 0.300. The Morgan fingerprint density at radius 1 is 1.47 bits per heavy atom. The molecule has 0 radical (unpaired) electrons. The highest BCUT2D eigenvalue weighted by Gasteiger charge is 2.15. The van der Waals surface area contributed by atoms with Gasteiger partial charge in [0.05, 0.1) is 11.4 Å². The van der Waals surface area contributed by atoms with Crippen LogP contribution in [0.5, 0.6) is 0 Å². The normalized spacial score (nSPS) is 11.2. The van der Waals surface area contributed by atoms with Crippen molar-refractivity contribution in [3.05, 3.63) is 24.0 Å². The Kier molecular flexibility index (Phi) is 4.06. The summed E-state index contributed by atoms with van der Waals surface area (Å²) in [6.07, 6.45) is 0. The molecule has 7 heteroatoms. The van der Waals surface area contributed by atoms with Crippen LogP contribution < -0.4 is 11.1 Å². The summed E-state index contributed by atoms with van der Waals surface area (Å²) < 4.78 is 35.2. The van der Waals surface area contributed by atoms with Crippen LogP contribution in [0.4, 0.5) is 15.8 Å². The quantitative estimate of drug-likeness (QED) is 0.783. The summed E-state index contributed by atoms with van der Waals surface area (Å²) in [7, 11) is -3.41. The molecule has 0 saturated heterocycles. The number of benzene rings is 1. The molecule has 5 nitrogen and oxygen atoms in total. The van der Waals surface area contributed by atoms with E-state index in [1.54, 1.807) is 0 Å². The van der Waals surface area contributed by atoms with E-state index < -0.39 is 27.3 Å². The van der Waals surface area contributed by atoms with Crippen LogP contribution in [0.3, 0.4) is 0 Å². The van der Waals surface area contributed by atoms with Crippen LogP contribution >= 0.6 is 0 Å². The van der Waals surface area contributed by atoms with Crippen molar-refractivity contribution in [2.75, 3.05) is 22.6 Å². The molecule has 1 aromatic carbocycles. The van der Waals surface area contributed by atoms with Crippen molar-refractivity contribution in [1.82, 2.24) is 0 Å². The van der Waals surface area contributed by atoms with E-state index in [9.17, 15) is 17.6 Å². The van der Waals surface area contributed by atoms with Gasteiger partial charge >= 0.3 is 0 Å². The van der Waals surface area contributed by atoms with E-state index in [0.717, 1.165) is 12.1 Å². The van der Waals surface area contributed by atoms with E-state index >= 15 is 0 Å². The van der Waals surface area contributed by atoms with Gasteiger partial charge in [-0.1, -0.05) is 6.92 Å². The van der Waals surface area contributed by atoms with Gasteiger partial charge in [-0.2, -0.15) is 0 Å². The lowest BCUT2D eigenvalue weighted by Crippen LogP contribution is -2.24. The third kappa shape index (κ3) is 4.03. The van der Waals surface area contributed by atoms with E-state index in [-0.39, 0.29) is 17.1 Å². The van der Waals surface area contributed by atoms with Gasteiger partial charge in [0.15, 0.2) is 9.84 Å². The predicted octanol–water partition coefficient (Wildman–Crippen LogP) is 0.781. The van der Waals surface area contributed by atoms with Gasteiger partial charge in [0.2, 0.25) is 5.91 Å². The molecule has 0 atom stereocenters. The van der Waals surface area contributed by atoms with E-state index in [2.05, 4.69) is 5.32 Å². The summed E-state index contributed by atoms with van der Waals surface area (Å²) in [5.41, 5.74) is 5.75. The van der Waals surface area contributed by atoms with Gasteiger partial charge in [0.1, 0.15) is 11.6 Å². The zero-order valence-electron chi connectivity index (χ0n) is 9.23. The summed E-state index contributed by atoms with van der Waals surface area (Å²) in [6, 6.07) is 3.47. The highest BCUT2D eigenvalue weighted by atomic mass is 32.2. The minimum Gasteiger partial charge on any atom is -0.397 e. The first-order valence-electron chi connectivity index (χ1n) is 4.89. The van der Waals surface area contributed by atoms with E-state index in [1.807, 2.05) is 0 Å². The van der Waals surface area contributed by atoms with Gasteiger partial charge in [0, 0.05) is 5.75 Å². The van der Waals surface area contributed by atoms with Crippen molar-refractivity contribution >= 4 is 27.1 Å². The van der Waals surface area contributed by atoms with Crippen molar-refractivity contribution < 1.29 is 17.6 Å². The van der Waals surface area contributed by atoms with Crippen LogP contribution in [-0.4, -0.2) is 25.8 Å². The number of sulfone groups is 1. The summed E-state index contributed by atoms with van der Waals surface area (Å²) in [6.45, 7) is 1.44. The molecule has 0 spiro atoms. The Hall–Kier alpha value is -1.63. The lowest BCUT2D eigenvalue weighted by molar-refractivity contribution is -0.113. The lowest BCUT2D eigenvalue weighted by Gasteiger charge is -2.08. The van der Waals surface area contributed by atoms with Crippen LogP contribution in [0.15, 0.2) is 18.2 Å². The number of carbonyl (C=O) groups is 1. The monoisotopic (exact) mass is 260 g/mol. The first-order valence-corrected chi connectivity index (χ1v) is 6.71. The van der Waals surface area contributed by atoms with Crippen molar-refractivity contribution in [3.8, 4) is 0 Å². The number of nitrogen functional groups attached to an aromatic ring is 1. The zero-order valence-corrected chi connectivity index (χ0v) is 10.1. The molecule has 0 bridgehead atoms. The smallest absolute Gasteiger partial charge is 0.239 e. The second-order valence-corrected chi connectivity index (χ2v) is 5.81. The fourth-order valence-electron chi connectivity index (χ4n) is 1.12. The molecule has 1 amide bonds. The van der Waals surface area contributed by atoms with E-state index in [0.29, 0.717) is 0 Å². The molecule has 0 aliphatic carbocycles. The highest BCUT2D eigenvalue weighted by Crippen LogP contribution is 2.19. The number of nitrogens with two attached hydrogens (primary N) is 1. The average Bonchev–Trinajstić information content (AvgIpc) is 2.23. The van der Waals surface area contributed by atoms with Crippen LogP contribution in [0.25, 0.3) is 0 Å². The maximum absolute atomic E-state index is 12.9.